The SMILES string of the molecule is COC(=O)C(Cn1cc(Br)cn1)(NC1CC1)C1CC1. The molecule has 0 radical (unpaired) electrons. The molecule has 0 bridgehead atoms. The molecule has 1 N–H and O–H groups in total. The summed E-state index contributed by atoms with van der Waals surface area (Å²) in [6.07, 6.45) is 8.09. The Balaban J connectivity index is 1.86. The summed E-state index contributed by atoms with van der Waals surface area (Å²) in [5, 5.41) is 7.80. The summed E-state index contributed by atoms with van der Waals surface area (Å²) in [6, 6.07) is 0.457. The summed E-state index contributed by atoms with van der Waals surface area (Å²) in [5.41, 5.74) is -0.610. The molecule has 2 aliphatic carbocycles. The van der Waals surface area contributed by atoms with Gasteiger partial charge in [-0.3, -0.25) is 10.00 Å². The van der Waals surface area contributed by atoms with E-state index in [9.17, 15) is 4.79 Å². The van der Waals surface area contributed by atoms with E-state index in [4.69, 9.17) is 4.74 Å². The quantitative estimate of drug-likeness (QED) is 0.808. The van der Waals surface area contributed by atoms with Crippen molar-refractivity contribution in [3.8, 4) is 0 Å². The van der Waals surface area contributed by atoms with Crippen LogP contribution >= 0.6 is 15.9 Å². The molecule has 0 amide bonds. The van der Waals surface area contributed by atoms with E-state index in [0.29, 0.717) is 18.5 Å². The Bertz CT molecular complexity index is 482. The van der Waals surface area contributed by atoms with Crippen LogP contribution in [0.1, 0.15) is 25.7 Å². The van der Waals surface area contributed by atoms with Gasteiger partial charge in [0.15, 0.2) is 0 Å². The van der Waals surface area contributed by atoms with Gasteiger partial charge in [-0.25, -0.2) is 4.79 Å². The Kier molecular flexibility index (Phi) is 3.39. The van der Waals surface area contributed by atoms with Crippen molar-refractivity contribution in [2.75, 3.05) is 7.11 Å². The molecule has 6 heteroatoms. The fraction of sp³-hybridized carbons (Fsp3) is 0.692. The van der Waals surface area contributed by atoms with Crippen molar-refractivity contribution < 1.29 is 9.53 Å². The summed E-state index contributed by atoms with van der Waals surface area (Å²) >= 11 is 3.39. The second-order valence-corrected chi connectivity index (χ2v) is 6.43. The Hall–Kier alpha value is -0.880. The van der Waals surface area contributed by atoms with Gasteiger partial charge >= 0.3 is 5.97 Å². The van der Waals surface area contributed by atoms with Crippen molar-refractivity contribution in [1.29, 1.82) is 0 Å². The zero-order valence-corrected chi connectivity index (χ0v) is 12.5. The van der Waals surface area contributed by atoms with Crippen molar-refractivity contribution in [1.82, 2.24) is 15.1 Å². The molecule has 0 saturated heterocycles. The zero-order valence-electron chi connectivity index (χ0n) is 10.9. The number of hydrogen-bond acceptors (Lipinski definition) is 4. The summed E-state index contributed by atoms with van der Waals surface area (Å²) in [7, 11) is 1.47. The molecule has 1 aromatic heterocycles. The van der Waals surface area contributed by atoms with E-state index in [-0.39, 0.29) is 5.97 Å². The van der Waals surface area contributed by atoms with E-state index in [1.807, 2.05) is 10.9 Å². The molecule has 19 heavy (non-hydrogen) atoms. The summed E-state index contributed by atoms with van der Waals surface area (Å²) in [5.74, 6) is 0.206. The number of nitrogens with one attached hydrogen (secondary N) is 1. The lowest BCUT2D eigenvalue weighted by Crippen LogP contribution is -2.58. The van der Waals surface area contributed by atoms with Crippen LogP contribution < -0.4 is 5.32 Å². The predicted octanol–water partition coefficient (Wildman–Crippen LogP) is 1.72. The van der Waals surface area contributed by atoms with E-state index in [1.54, 1.807) is 6.20 Å². The van der Waals surface area contributed by atoms with Gasteiger partial charge in [0.05, 0.1) is 24.3 Å². The van der Waals surface area contributed by atoms with E-state index in [0.717, 1.165) is 30.2 Å². The summed E-state index contributed by atoms with van der Waals surface area (Å²) in [6.45, 7) is 0.534. The van der Waals surface area contributed by atoms with Gasteiger partial charge in [-0.1, -0.05) is 0 Å². The third-order valence-corrected chi connectivity index (χ3v) is 4.29. The van der Waals surface area contributed by atoms with E-state index < -0.39 is 5.54 Å². The second-order valence-electron chi connectivity index (χ2n) is 5.51. The number of hydrogen-bond donors (Lipinski definition) is 1. The van der Waals surface area contributed by atoms with Crippen LogP contribution in [0.3, 0.4) is 0 Å². The highest BCUT2D eigenvalue weighted by atomic mass is 79.9. The smallest absolute Gasteiger partial charge is 0.328 e. The Morgan fingerprint density at radius 3 is 2.79 bits per heavy atom. The minimum Gasteiger partial charge on any atom is -0.468 e. The van der Waals surface area contributed by atoms with Crippen molar-refractivity contribution in [2.24, 2.45) is 5.92 Å². The maximum atomic E-state index is 12.4. The van der Waals surface area contributed by atoms with Gasteiger partial charge in [0.2, 0.25) is 0 Å². The van der Waals surface area contributed by atoms with E-state index in [1.165, 1.54) is 7.11 Å². The molecule has 2 saturated carbocycles. The first kappa shape index (κ1) is 13.1. The van der Waals surface area contributed by atoms with Crippen LogP contribution in [0.15, 0.2) is 16.9 Å². The number of nitrogens with zero attached hydrogens (tertiary/aromatic N) is 2. The summed E-state index contributed by atoms with van der Waals surface area (Å²) in [4.78, 5) is 12.4. The average molecular weight is 328 g/mol. The maximum Gasteiger partial charge on any atom is 0.328 e. The Morgan fingerprint density at radius 2 is 2.32 bits per heavy atom. The van der Waals surface area contributed by atoms with Crippen molar-refractivity contribution in [2.45, 2.75) is 43.8 Å². The van der Waals surface area contributed by atoms with E-state index in [2.05, 4.69) is 26.3 Å². The van der Waals surface area contributed by atoms with Crippen LogP contribution in [0.5, 0.6) is 0 Å². The third kappa shape index (κ3) is 2.69. The number of esters is 1. The van der Waals surface area contributed by atoms with Crippen LogP contribution in [0.25, 0.3) is 0 Å². The van der Waals surface area contributed by atoms with Crippen LogP contribution in [0.4, 0.5) is 0 Å². The first-order valence-electron chi connectivity index (χ1n) is 6.68. The molecule has 1 heterocycles. The fourth-order valence-corrected chi connectivity index (χ4v) is 2.94. The number of halogens is 1. The summed E-state index contributed by atoms with van der Waals surface area (Å²) < 4.78 is 7.81. The highest BCUT2D eigenvalue weighted by Gasteiger charge is 2.54. The lowest BCUT2D eigenvalue weighted by Gasteiger charge is -2.32. The first-order chi connectivity index (χ1) is 9.14. The predicted molar refractivity (Wildman–Crippen MR) is 73.6 cm³/mol. The lowest BCUT2D eigenvalue weighted by molar-refractivity contribution is -0.150. The van der Waals surface area contributed by atoms with Crippen molar-refractivity contribution in [3.05, 3.63) is 16.9 Å². The molecule has 1 atom stereocenters. The van der Waals surface area contributed by atoms with Gasteiger partial charge in [0.25, 0.3) is 0 Å². The monoisotopic (exact) mass is 327 g/mol. The molecule has 0 spiro atoms. The lowest BCUT2D eigenvalue weighted by atomic mass is 9.92. The Labute approximate surface area is 120 Å². The number of rotatable bonds is 6. The van der Waals surface area contributed by atoms with Crippen LogP contribution in [0, 0.1) is 5.92 Å². The van der Waals surface area contributed by atoms with Crippen LogP contribution in [-0.2, 0) is 16.1 Å². The van der Waals surface area contributed by atoms with Crippen LogP contribution in [0.2, 0.25) is 0 Å². The normalized spacial score (nSPS) is 22.0. The van der Waals surface area contributed by atoms with Gasteiger partial charge in [0, 0.05) is 12.2 Å². The standard InChI is InChI=1S/C13H18BrN3O2/c1-19-12(18)13(9-2-3-9,16-11-4-5-11)8-17-7-10(14)6-15-17/h6-7,9,11,16H,2-5,8H2,1H3. The molecule has 0 aliphatic heterocycles. The molecule has 1 unspecified atom stereocenters. The van der Waals surface area contributed by atoms with Crippen LogP contribution in [-0.4, -0.2) is 34.4 Å². The van der Waals surface area contributed by atoms with Gasteiger partial charge in [-0.05, 0) is 47.5 Å². The molecular weight excluding hydrogens is 310 g/mol. The minimum absolute atomic E-state index is 0.159. The minimum atomic E-state index is -0.610. The van der Waals surface area contributed by atoms with Gasteiger partial charge < -0.3 is 4.74 Å². The van der Waals surface area contributed by atoms with Gasteiger partial charge in [-0.15, -0.1) is 0 Å². The number of carbonyl (C=O) groups excluding carboxylic acids is 1. The zero-order chi connectivity index (χ0) is 13.5. The molecule has 2 aliphatic rings. The second kappa shape index (κ2) is 4.90. The van der Waals surface area contributed by atoms with E-state index >= 15 is 0 Å². The Morgan fingerprint density at radius 1 is 1.58 bits per heavy atom. The highest BCUT2D eigenvalue weighted by Crippen LogP contribution is 2.43. The van der Waals surface area contributed by atoms with Crippen molar-refractivity contribution >= 4 is 21.9 Å². The van der Waals surface area contributed by atoms with Crippen molar-refractivity contribution in [3.63, 3.8) is 0 Å². The first-order valence-corrected chi connectivity index (χ1v) is 7.47. The number of ether oxygens (including phenoxy) is 1. The molecule has 0 aromatic carbocycles. The molecule has 104 valence electrons. The molecule has 2 fully saturated rings. The maximum absolute atomic E-state index is 12.4. The van der Waals surface area contributed by atoms with Gasteiger partial charge in [-0.2, -0.15) is 5.10 Å². The van der Waals surface area contributed by atoms with Gasteiger partial charge in [0.1, 0.15) is 5.54 Å². The number of aromatic nitrogens is 2. The molecule has 1 aromatic rings. The topological polar surface area (TPSA) is 56.2 Å². The number of carbonyl (C=O) groups is 1. The molecule has 3 rings (SSSR count). The molecular formula is C13H18BrN3O2. The average Bonchev–Trinajstić information content (AvgIpc) is 3.28. The third-order valence-electron chi connectivity index (χ3n) is 3.88. The largest absolute Gasteiger partial charge is 0.468 e. The molecule has 5 nitrogen and oxygen atoms in total. The fourth-order valence-electron chi connectivity index (χ4n) is 2.61. The number of methoxy groups -OCH3 is 1. The highest BCUT2D eigenvalue weighted by molar-refractivity contribution is 9.10.